The molecule has 0 aliphatic heterocycles. The molecule has 2 aliphatic rings. The van der Waals surface area contributed by atoms with Crippen LogP contribution in [-0.2, 0) is 10.8 Å². The molecule has 0 bridgehead atoms. The maximum atomic E-state index is 7.01. The molecule has 0 amide bonds. The Morgan fingerprint density at radius 3 is 1.50 bits per heavy atom. The molecule has 7 aromatic rings. The zero-order chi connectivity index (χ0) is 33.2. The summed E-state index contributed by atoms with van der Waals surface area (Å²) in [5, 5.41) is 2.34. The predicted molar refractivity (Wildman–Crippen MR) is 207 cm³/mol. The average Bonchev–Trinajstić information content (AvgIpc) is 3.65. The van der Waals surface area contributed by atoms with Crippen molar-refractivity contribution in [1.82, 2.24) is 0 Å². The lowest BCUT2D eigenvalue weighted by Gasteiger charge is -2.29. The lowest BCUT2D eigenvalue weighted by molar-refractivity contribution is 0.658. The van der Waals surface area contributed by atoms with Crippen LogP contribution in [0.25, 0.3) is 44.2 Å². The summed E-state index contributed by atoms with van der Waals surface area (Å²) in [7, 11) is -1.01. The number of nitrogens with zero attached hydrogens (tertiary/aromatic N) is 1. The zero-order valence-electron chi connectivity index (χ0n) is 28.8. The predicted octanol–water partition coefficient (Wildman–Crippen LogP) is 12.7. The van der Waals surface area contributed by atoms with Gasteiger partial charge in [-0.15, -0.1) is 0 Å². The SMILES string of the molecule is CC1(C)c2ccccc2-c2ccc(N(c3ccc4c(c3)C(C)(C)c3ccccc3-4)c3cccc4c3oc3c(S(C)(C)C)cccc34)cc21. The molecule has 0 atom stereocenters. The monoisotopic (exact) mass is 643 g/mol. The zero-order valence-corrected chi connectivity index (χ0v) is 29.6. The van der Waals surface area contributed by atoms with E-state index in [2.05, 4.69) is 173 Å². The molecule has 0 saturated carbocycles. The smallest absolute Gasteiger partial charge is 0.159 e. The van der Waals surface area contributed by atoms with Crippen LogP contribution in [0.5, 0.6) is 0 Å². The van der Waals surface area contributed by atoms with Gasteiger partial charge in [0.15, 0.2) is 5.58 Å². The van der Waals surface area contributed by atoms with Crippen molar-refractivity contribution in [3.63, 3.8) is 0 Å². The average molecular weight is 644 g/mol. The van der Waals surface area contributed by atoms with Crippen molar-refractivity contribution < 1.29 is 4.42 Å². The molecule has 48 heavy (non-hydrogen) atoms. The van der Waals surface area contributed by atoms with E-state index in [0.29, 0.717) is 0 Å². The Labute approximate surface area is 285 Å². The second-order valence-corrected chi connectivity index (χ2v) is 19.5. The fourth-order valence-corrected chi connectivity index (χ4v) is 9.72. The summed E-state index contributed by atoms with van der Waals surface area (Å²) in [6.07, 6.45) is 7.03. The maximum Gasteiger partial charge on any atom is 0.159 e. The van der Waals surface area contributed by atoms with Crippen molar-refractivity contribution in [2.45, 2.75) is 43.4 Å². The molecule has 0 N–H and O–H groups in total. The van der Waals surface area contributed by atoms with Crippen LogP contribution >= 0.6 is 10.0 Å². The normalized spacial score (nSPS) is 15.6. The number of anilines is 3. The summed E-state index contributed by atoms with van der Waals surface area (Å²) in [6.45, 7) is 9.43. The van der Waals surface area contributed by atoms with Gasteiger partial charge in [0.2, 0.25) is 0 Å². The Hall–Kier alpha value is -4.73. The van der Waals surface area contributed by atoms with Gasteiger partial charge in [0.05, 0.1) is 5.69 Å². The Balaban J connectivity index is 1.31. The molecule has 0 radical (unpaired) electrons. The standard InChI is InChI=1S/C45H41NOS/c1-44(2)36-18-10-8-14-30(36)32-24-22-28(26-38(32)44)46(29-23-25-33-31-15-9-11-19-37(31)45(3,4)39(33)27-29)40-20-12-16-34-35-17-13-21-41(48(5,6)7)43(35)47-42(34)40/h8-27H,1-7H3. The molecule has 6 aromatic carbocycles. The summed E-state index contributed by atoms with van der Waals surface area (Å²) in [5.74, 6) is 0. The molecule has 0 saturated heterocycles. The van der Waals surface area contributed by atoms with E-state index < -0.39 is 10.0 Å². The highest BCUT2D eigenvalue weighted by molar-refractivity contribution is 8.32. The highest BCUT2D eigenvalue weighted by Crippen LogP contribution is 2.55. The van der Waals surface area contributed by atoms with E-state index >= 15 is 0 Å². The van der Waals surface area contributed by atoms with Crippen LogP contribution < -0.4 is 4.90 Å². The van der Waals surface area contributed by atoms with Crippen molar-refractivity contribution in [3.05, 3.63) is 144 Å². The van der Waals surface area contributed by atoms with E-state index in [0.717, 1.165) is 33.6 Å². The molecule has 2 nitrogen and oxygen atoms in total. The summed E-state index contributed by atoms with van der Waals surface area (Å²) >= 11 is 0. The number of para-hydroxylation sites is 2. The minimum atomic E-state index is -1.01. The van der Waals surface area contributed by atoms with E-state index in [1.807, 2.05) is 0 Å². The van der Waals surface area contributed by atoms with Gasteiger partial charge in [0.1, 0.15) is 5.58 Å². The van der Waals surface area contributed by atoms with Gasteiger partial charge in [0.25, 0.3) is 0 Å². The van der Waals surface area contributed by atoms with Gasteiger partial charge in [-0.05, 0) is 99.7 Å². The largest absolute Gasteiger partial charge is 0.453 e. The lowest BCUT2D eigenvalue weighted by Crippen LogP contribution is -2.18. The molecule has 1 heterocycles. The van der Waals surface area contributed by atoms with Crippen LogP contribution in [0, 0.1) is 0 Å². The molecular weight excluding hydrogens is 603 g/mol. The van der Waals surface area contributed by atoms with Gasteiger partial charge in [-0.3, -0.25) is 0 Å². The summed E-state index contributed by atoms with van der Waals surface area (Å²) in [6, 6.07) is 45.2. The Kier molecular flexibility index (Phi) is 6.07. The molecule has 238 valence electrons. The summed E-state index contributed by atoms with van der Waals surface area (Å²) < 4.78 is 7.01. The van der Waals surface area contributed by atoms with Crippen LogP contribution in [0.15, 0.2) is 131 Å². The van der Waals surface area contributed by atoms with Gasteiger partial charge in [-0.2, -0.15) is 0 Å². The van der Waals surface area contributed by atoms with Crippen LogP contribution in [0.1, 0.15) is 49.9 Å². The Bertz CT molecular complexity index is 2350. The minimum Gasteiger partial charge on any atom is -0.453 e. The van der Waals surface area contributed by atoms with Crippen molar-refractivity contribution in [1.29, 1.82) is 0 Å². The fourth-order valence-electron chi connectivity index (χ4n) is 8.53. The Morgan fingerprint density at radius 2 is 0.958 bits per heavy atom. The third-order valence-corrected chi connectivity index (χ3v) is 12.7. The first-order valence-electron chi connectivity index (χ1n) is 16.9. The number of fused-ring (bicyclic) bond motifs is 9. The van der Waals surface area contributed by atoms with Crippen molar-refractivity contribution >= 4 is 49.0 Å². The number of hydrogen-bond donors (Lipinski definition) is 0. The Morgan fingerprint density at radius 1 is 0.479 bits per heavy atom. The molecule has 0 unspecified atom stereocenters. The van der Waals surface area contributed by atoms with Gasteiger partial charge >= 0.3 is 0 Å². The van der Waals surface area contributed by atoms with Crippen molar-refractivity contribution in [3.8, 4) is 22.3 Å². The molecule has 0 fully saturated rings. The molecular formula is C45H41NOS. The van der Waals surface area contributed by atoms with E-state index in [-0.39, 0.29) is 10.8 Å². The molecule has 0 spiro atoms. The van der Waals surface area contributed by atoms with Gasteiger partial charge < -0.3 is 9.32 Å². The van der Waals surface area contributed by atoms with Crippen LogP contribution in [0.3, 0.4) is 0 Å². The lowest BCUT2D eigenvalue weighted by atomic mass is 9.82. The van der Waals surface area contributed by atoms with E-state index in [1.165, 1.54) is 54.8 Å². The number of hydrogen-bond acceptors (Lipinski definition) is 2. The minimum absolute atomic E-state index is 0.106. The van der Waals surface area contributed by atoms with Crippen molar-refractivity contribution in [2.75, 3.05) is 23.7 Å². The molecule has 2 aliphatic carbocycles. The second kappa shape index (κ2) is 9.90. The second-order valence-electron chi connectivity index (χ2n) is 15.4. The van der Waals surface area contributed by atoms with Crippen LogP contribution in [-0.4, -0.2) is 18.8 Å². The fraction of sp³-hybridized carbons (Fsp3) is 0.200. The number of rotatable bonds is 4. The first-order chi connectivity index (χ1) is 23.0. The third-order valence-electron chi connectivity index (χ3n) is 11.0. The van der Waals surface area contributed by atoms with E-state index in [1.54, 1.807) is 0 Å². The van der Waals surface area contributed by atoms with E-state index in [4.69, 9.17) is 4.42 Å². The summed E-state index contributed by atoms with van der Waals surface area (Å²) in [4.78, 5) is 3.75. The van der Waals surface area contributed by atoms with E-state index in [9.17, 15) is 0 Å². The highest BCUT2D eigenvalue weighted by Gasteiger charge is 2.38. The van der Waals surface area contributed by atoms with Gasteiger partial charge in [-0.25, -0.2) is 10.0 Å². The number of benzene rings is 6. The molecule has 3 heteroatoms. The van der Waals surface area contributed by atoms with Crippen LogP contribution in [0.4, 0.5) is 17.1 Å². The third kappa shape index (κ3) is 4.00. The van der Waals surface area contributed by atoms with Crippen LogP contribution in [0.2, 0.25) is 0 Å². The molecule has 1 aromatic heterocycles. The first kappa shape index (κ1) is 29.4. The first-order valence-corrected chi connectivity index (χ1v) is 19.7. The quantitative estimate of drug-likeness (QED) is 0.190. The highest BCUT2D eigenvalue weighted by atomic mass is 32.3. The summed E-state index contributed by atoms with van der Waals surface area (Å²) in [5.41, 5.74) is 15.9. The topological polar surface area (TPSA) is 16.4 Å². The number of furan rings is 1. The van der Waals surface area contributed by atoms with Gasteiger partial charge in [-0.1, -0.05) is 113 Å². The molecule has 9 rings (SSSR count). The van der Waals surface area contributed by atoms with Crippen molar-refractivity contribution in [2.24, 2.45) is 0 Å². The van der Waals surface area contributed by atoms with Gasteiger partial charge in [0, 0.05) is 37.9 Å². The maximum absolute atomic E-state index is 7.01.